The molecule has 28 nitrogen and oxygen atoms in total. The Bertz CT molecular complexity index is 2790. The molecule has 68 heavy (non-hydrogen) atoms. The predicted molar refractivity (Wildman–Crippen MR) is 203 cm³/mol. The molecule has 0 saturated carbocycles. The number of ether oxygens (including phenoxy) is 1. The number of anilines is 1. The Morgan fingerprint density at radius 1 is 0.632 bits per heavy atom. The second-order valence-electron chi connectivity index (χ2n) is 11.2. The number of benzene rings is 4. The molecule has 0 atom stereocenters. The minimum absolute atomic E-state index is 0. The zero-order chi connectivity index (χ0) is 46.4. The van der Waals surface area contributed by atoms with Crippen molar-refractivity contribution in [2.24, 2.45) is 20.5 Å². The summed E-state index contributed by atoms with van der Waals surface area (Å²) in [7, 11) is -17.7. The molecule has 2 N–H and O–H groups in total. The summed E-state index contributed by atoms with van der Waals surface area (Å²) in [5, 5.41) is 69.3. The van der Waals surface area contributed by atoms with E-state index < -0.39 is 97.4 Å². The molecule has 40 heteroatoms. The number of hydrogen-bond donors (Lipinski definition) is 2. The third kappa shape index (κ3) is 21.7. The van der Waals surface area contributed by atoms with E-state index in [1.54, 1.807) is 0 Å². The van der Waals surface area contributed by atoms with Crippen molar-refractivity contribution in [2.75, 3.05) is 43.0 Å². The van der Waals surface area contributed by atoms with Gasteiger partial charge in [0, 0.05) is 10.8 Å². The number of aromatic hydroxyl groups is 1. The summed E-state index contributed by atoms with van der Waals surface area (Å²) in [6, 6.07) is 8.91. The van der Waals surface area contributed by atoms with Crippen molar-refractivity contribution in [2.45, 2.75) is 19.6 Å². The summed E-state index contributed by atoms with van der Waals surface area (Å²) >= 11 is 0.177. The van der Waals surface area contributed by atoms with E-state index in [0.29, 0.717) is 6.07 Å². The van der Waals surface area contributed by atoms with Gasteiger partial charge in [-0.05, 0) is 54.6 Å². The van der Waals surface area contributed by atoms with Crippen LogP contribution >= 0.6 is 36.7 Å². The SMILES string of the molecule is COc1ccc(S(=O)(=O)CCOSOO[O-])cc1N=Nc1c(NCS(=O)(=O)[O-])ccc2c(O)c(N=Nc3ccc(S(=O)(=O)CCOSOO[O-])cc3S(=O)(=O)[O-])c(SOO[O-])cc12.[Na+].[Na+].[Na+].[Na+].[Na+]. The van der Waals surface area contributed by atoms with Crippen LogP contribution in [0.4, 0.5) is 28.4 Å². The van der Waals surface area contributed by atoms with Crippen molar-refractivity contribution in [1.82, 2.24) is 0 Å². The first-order valence-electron chi connectivity index (χ1n) is 16.0. The van der Waals surface area contributed by atoms with Crippen LogP contribution in [0, 0.1) is 0 Å². The van der Waals surface area contributed by atoms with E-state index in [9.17, 15) is 63.7 Å². The van der Waals surface area contributed by atoms with Crippen LogP contribution in [0.1, 0.15) is 0 Å². The number of nitrogens with one attached hydrogen (secondary N) is 1. The van der Waals surface area contributed by atoms with Gasteiger partial charge >= 0.3 is 148 Å². The number of phenols is 1. The van der Waals surface area contributed by atoms with Crippen LogP contribution in [-0.2, 0) is 76.4 Å². The average Bonchev–Trinajstić information content (AvgIpc) is 3.23. The minimum Gasteiger partial charge on any atom is -0.747 e. The van der Waals surface area contributed by atoms with Gasteiger partial charge in [-0.15, -0.1) is 29.1 Å². The molecular weight excluding hydrogens is 1110 g/mol. The summed E-state index contributed by atoms with van der Waals surface area (Å²) in [6.07, 6.45) is 0. The van der Waals surface area contributed by atoms with Crippen LogP contribution in [0.2, 0.25) is 0 Å². The Hall–Kier alpha value is 1.07. The van der Waals surface area contributed by atoms with E-state index in [-0.39, 0.29) is 228 Å². The van der Waals surface area contributed by atoms with Crippen LogP contribution in [0.15, 0.2) is 94.6 Å². The van der Waals surface area contributed by atoms with Crippen molar-refractivity contribution in [3.05, 3.63) is 54.6 Å². The first kappa shape index (κ1) is 71.1. The molecule has 0 aliphatic rings. The summed E-state index contributed by atoms with van der Waals surface area (Å²) in [6.45, 7) is -1.06. The van der Waals surface area contributed by atoms with Crippen LogP contribution in [0.3, 0.4) is 0 Å². The van der Waals surface area contributed by atoms with Gasteiger partial charge in [0.25, 0.3) is 0 Å². The number of methoxy groups -OCH3 is 1. The molecule has 0 aromatic heterocycles. The normalized spacial score (nSPS) is 11.9. The van der Waals surface area contributed by atoms with Crippen molar-refractivity contribution in [1.29, 1.82) is 0 Å². The van der Waals surface area contributed by atoms with Gasteiger partial charge in [-0.3, -0.25) is 23.5 Å². The number of phenolic OH excluding ortho intramolecular Hbond substituents is 1. The fraction of sp³-hybridized carbons (Fsp3) is 0.214. The maximum atomic E-state index is 13.0. The molecule has 0 heterocycles. The standard InChI is InChI=1S/C28H29N5O23S7.5Na/c1-48-23-7-3-16(60(38,39)10-8-49-58-55-52-36)12-22(23)31-32-26-19-14-24(57-54-51-35)27(28(34)18(19)4-6-21(26)29-15-62(42,43)44)33-30-20-5-2-17(13-25(20)63(45,46)47)61(40,41)11-9-50-59-56-53-37;;;;;/h2-7,12-14,29,34-37H,8-11,15H2,1H3,(H,42,43,44)(H,45,46,47);;;;;/q;5*+1/p-5. The molecule has 0 unspecified atom stereocenters. The predicted octanol–water partition coefficient (Wildman–Crippen LogP) is -13.4. The van der Waals surface area contributed by atoms with Crippen molar-refractivity contribution >= 4 is 116 Å². The Balaban J connectivity index is 0. The Kier molecular flexibility index (Phi) is 35.4. The topological polar surface area (TPSA) is 417 Å². The average molecular weight is 1140 g/mol. The van der Waals surface area contributed by atoms with Crippen LogP contribution in [0.5, 0.6) is 11.5 Å². The number of fused-ring (bicyclic) bond motifs is 1. The summed E-state index contributed by atoms with van der Waals surface area (Å²) in [4.78, 5) is -2.57. The molecule has 0 aliphatic carbocycles. The van der Waals surface area contributed by atoms with Crippen LogP contribution < -0.4 is 174 Å². The number of sulfone groups is 2. The van der Waals surface area contributed by atoms with Gasteiger partial charge in [-0.1, -0.05) is 0 Å². The second kappa shape index (κ2) is 33.9. The van der Waals surface area contributed by atoms with Gasteiger partial charge in [0.2, 0.25) is 0 Å². The molecule has 0 radical (unpaired) electrons. The summed E-state index contributed by atoms with van der Waals surface area (Å²) in [5.74, 6) is -3.50. The number of azo groups is 2. The molecule has 0 fully saturated rings. The van der Waals surface area contributed by atoms with Gasteiger partial charge in [0.15, 0.2) is 50.1 Å². The molecular formula is C28H24N5Na5O23S7. The Morgan fingerprint density at radius 3 is 1.69 bits per heavy atom. The molecule has 0 spiro atoms. The first-order valence-corrected chi connectivity index (χ1v) is 24.3. The van der Waals surface area contributed by atoms with E-state index in [1.165, 1.54) is 13.2 Å². The van der Waals surface area contributed by atoms with E-state index in [4.69, 9.17) is 8.92 Å². The van der Waals surface area contributed by atoms with Gasteiger partial charge in [0.1, 0.15) is 54.6 Å². The quantitative estimate of drug-likeness (QED) is 0.0112. The van der Waals surface area contributed by atoms with E-state index >= 15 is 0 Å². The fourth-order valence-corrected chi connectivity index (χ4v) is 9.19. The molecule has 0 bridgehead atoms. The molecule has 4 aromatic rings. The smallest absolute Gasteiger partial charge is 0.747 e. The molecule has 4 rings (SSSR count). The van der Waals surface area contributed by atoms with Crippen molar-refractivity contribution in [3.63, 3.8) is 0 Å². The zero-order valence-corrected chi connectivity index (χ0v) is 51.5. The van der Waals surface area contributed by atoms with E-state index in [1.807, 2.05) is 0 Å². The molecule has 0 amide bonds. The molecule has 346 valence electrons. The first-order chi connectivity index (χ1) is 29.8. The monoisotopic (exact) mass is 1140 g/mol. The largest absolute Gasteiger partial charge is 1.00 e. The van der Waals surface area contributed by atoms with E-state index in [2.05, 4.69) is 58.1 Å². The summed E-state index contributed by atoms with van der Waals surface area (Å²) in [5.41, 5.74) is -2.16. The molecule has 4 aromatic carbocycles. The van der Waals surface area contributed by atoms with Gasteiger partial charge in [-0.25, -0.2) is 33.7 Å². The van der Waals surface area contributed by atoms with E-state index in [0.717, 1.165) is 42.5 Å². The van der Waals surface area contributed by atoms with Crippen molar-refractivity contribution in [3.8, 4) is 11.5 Å². The fourth-order valence-electron chi connectivity index (χ4n) is 4.80. The number of hydrogen-bond acceptors (Lipinski definition) is 31. The van der Waals surface area contributed by atoms with Crippen LogP contribution in [0.25, 0.3) is 10.8 Å². The maximum absolute atomic E-state index is 13.0. The molecule has 0 saturated heterocycles. The summed E-state index contributed by atoms with van der Waals surface area (Å²) < 4.78 is 150. The van der Waals surface area contributed by atoms with Gasteiger partial charge in [-0.2, -0.15) is 4.33 Å². The van der Waals surface area contributed by atoms with Gasteiger partial charge < -0.3 is 40.0 Å². The van der Waals surface area contributed by atoms with Crippen molar-refractivity contribution < 1.29 is 253 Å². The van der Waals surface area contributed by atoms with Crippen LogP contribution in [-0.4, -0.2) is 85.6 Å². The second-order valence-corrected chi connectivity index (χ2v) is 20.0. The maximum Gasteiger partial charge on any atom is 1.00 e. The zero-order valence-electron chi connectivity index (χ0n) is 35.8. The third-order valence-electron chi connectivity index (χ3n) is 7.46. The number of rotatable bonds is 26. The Labute approximate surface area is 510 Å². The molecule has 0 aliphatic heterocycles. The number of nitrogens with zero attached hydrogens (tertiary/aromatic N) is 4. The minimum atomic E-state index is -5.49. The Morgan fingerprint density at radius 2 is 1.16 bits per heavy atom. The third-order valence-corrected chi connectivity index (χ3v) is 13.5. The van der Waals surface area contributed by atoms with Gasteiger partial charge in [0.05, 0.1) is 69.1 Å².